The Morgan fingerprint density at radius 2 is 1.79 bits per heavy atom. The predicted octanol–water partition coefficient (Wildman–Crippen LogP) is 1.42. The van der Waals surface area contributed by atoms with E-state index in [2.05, 4.69) is 28.2 Å². The van der Waals surface area contributed by atoms with Gasteiger partial charge in [-0.2, -0.15) is 0 Å². The number of carbonyl (C=O) groups is 3. The summed E-state index contributed by atoms with van der Waals surface area (Å²) in [4.78, 5) is 47.5. The minimum Gasteiger partial charge on any atom is -0.395 e. The molecule has 1 aromatic heterocycles. The van der Waals surface area contributed by atoms with Gasteiger partial charge in [0.25, 0.3) is 11.8 Å². The Kier molecular flexibility index (Phi) is 6.07. The molecular formula is C24H29N5O4. The molecule has 2 aromatic rings. The number of aliphatic hydroxyl groups excluding tert-OH is 1. The molecular weight excluding hydrogens is 422 g/mol. The van der Waals surface area contributed by atoms with Crippen molar-refractivity contribution in [3.63, 3.8) is 0 Å². The number of anilines is 1. The summed E-state index contributed by atoms with van der Waals surface area (Å²) in [5, 5.41) is 11.8. The first-order valence-corrected chi connectivity index (χ1v) is 11.1. The maximum Gasteiger partial charge on any atom is 0.325 e. The minimum absolute atomic E-state index is 0.0551. The molecule has 4 rings (SSSR count). The third-order valence-electron chi connectivity index (χ3n) is 6.36. The second-order valence-corrected chi connectivity index (χ2v) is 8.75. The van der Waals surface area contributed by atoms with E-state index < -0.39 is 17.5 Å². The Hall–Kier alpha value is -3.46. The molecule has 2 N–H and O–H groups in total. The highest BCUT2D eigenvalue weighted by Gasteiger charge is 2.48. The number of piperazine rings is 1. The number of β-amino-alcohol motifs (C(OH)–C–C–N with tert-alkyl or cyclic N) is 1. The number of pyridine rings is 1. The van der Waals surface area contributed by atoms with Gasteiger partial charge in [0, 0.05) is 37.9 Å². The molecule has 0 spiro atoms. The molecule has 2 aliphatic rings. The number of hydrogen-bond acceptors (Lipinski definition) is 6. The average Bonchev–Trinajstić information content (AvgIpc) is 3.03. The molecule has 33 heavy (non-hydrogen) atoms. The predicted molar refractivity (Wildman–Crippen MR) is 123 cm³/mol. The summed E-state index contributed by atoms with van der Waals surface area (Å²) in [6.45, 7) is 7.96. The Balaban J connectivity index is 1.42. The molecule has 0 unspecified atom stereocenters. The van der Waals surface area contributed by atoms with Crippen molar-refractivity contribution in [2.24, 2.45) is 0 Å². The standard InChI is InChI=1S/C24H29N5O4/c1-16-14-17(2)20(25-15-16)27-8-10-28(11-9-27)21(31)18-4-6-19(7-5-18)24(3)22(32)29(12-13-30)23(33)26-24/h4-7,14-15,30H,8-13H2,1-3H3,(H,26,33)/t24-/m1/s1. The summed E-state index contributed by atoms with van der Waals surface area (Å²) in [7, 11) is 0. The molecule has 2 fully saturated rings. The Morgan fingerprint density at radius 1 is 1.12 bits per heavy atom. The van der Waals surface area contributed by atoms with Crippen LogP contribution in [0.4, 0.5) is 10.6 Å². The van der Waals surface area contributed by atoms with Crippen LogP contribution in [0.15, 0.2) is 36.5 Å². The monoisotopic (exact) mass is 451 g/mol. The average molecular weight is 452 g/mol. The van der Waals surface area contributed by atoms with Gasteiger partial charge in [-0.1, -0.05) is 18.2 Å². The molecule has 2 saturated heterocycles. The number of benzene rings is 1. The maximum atomic E-state index is 13.0. The van der Waals surface area contributed by atoms with Crippen LogP contribution < -0.4 is 10.2 Å². The summed E-state index contributed by atoms with van der Waals surface area (Å²) in [5.41, 5.74) is 2.15. The first-order valence-electron chi connectivity index (χ1n) is 11.1. The molecule has 9 nitrogen and oxygen atoms in total. The number of carbonyl (C=O) groups excluding carboxylic acids is 3. The molecule has 3 heterocycles. The SMILES string of the molecule is Cc1cnc(N2CCN(C(=O)c3ccc([C@@]4(C)NC(=O)N(CCO)C4=O)cc3)CC2)c(C)c1. The van der Waals surface area contributed by atoms with Gasteiger partial charge in [-0.3, -0.25) is 14.5 Å². The summed E-state index contributed by atoms with van der Waals surface area (Å²) in [6, 6.07) is 8.35. The highest BCUT2D eigenvalue weighted by Crippen LogP contribution is 2.29. The minimum atomic E-state index is -1.22. The van der Waals surface area contributed by atoms with E-state index in [0.29, 0.717) is 37.3 Å². The lowest BCUT2D eigenvalue weighted by molar-refractivity contribution is -0.131. The quantitative estimate of drug-likeness (QED) is 0.666. The number of aryl methyl sites for hydroxylation is 2. The van der Waals surface area contributed by atoms with E-state index in [1.165, 1.54) is 0 Å². The molecule has 174 valence electrons. The van der Waals surface area contributed by atoms with Crippen molar-refractivity contribution >= 4 is 23.7 Å². The lowest BCUT2D eigenvalue weighted by Crippen LogP contribution is -2.49. The van der Waals surface area contributed by atoms with Crippen LogP contribution in [-0.2, 0) is 10.3 Å². The summed E-state index contributed by atoms with van der Waals surface area (Å²) < 4.78 is 0. The van der Waals surface area contributed by atoms with Crippen molar-refractivity contribution < 1.29 is 19.5 Å². The number of aliphatic hydroxyl groups is 1. The van der Waals surface area contributed by atoms with E-state index in [-0.39, 0.29) is 19.1 Å². The molecule has 0 bridgehead atoms. The zero-order valence-electron chi connectivity index (χ0n) is 19.2. The van der Waals surface area contributed by atoms with E-state index in [4.69, 9.17) is 5.11 Å². The number of aromatic nitrogens is 1. The van der Waals surface area contributed by atoms with E-state index in [1.807, 2.05) is 18.0 Å². The Bertz CT molecular complexity index is 1080. The van der Waals surface area contributed by atoms with Crippen LogP contribution in [0.3, 0.4) is 0 Å². The normalized spacial score (nSPS) is 20.9. The topological polar surface area (TPSA) is 106 Å². The lowest BCUT2D eigenvalue weighted by Gasteiger charge is -2.36. The number of nitrogens with zero attached hydrogens (tertiary/aromatic N) is 4. The van der Waals surface area contributed by atoms with Crippen LogP contribution in [0.1, 0.15) is 34.0 Å². The van der Waals surface area contributed by atoms with Crippen molar-refractivity contribution in [3.8, 4) is 0 Å². The molecule has 4 amide bonds. The zero-order valence-corrected chi connectivity index (χ0v) is 19.2. The number of hydrogen-bond donors (Lipinski definition) is 2. The van der Waals surface area contributed by atoms with Crippen LogP contribution in [-0.4, -0.2) is 77.1 Å². The van der Waals surface area contributed by atoms with Gasteiger partial charge in [-0.25, -0.2) is 9.78 Å². The fourth-order valence-corrected chi connectivity index (χ4v) is 4.48. The molecule has 0 saturated carbocycles. The fraction of sp³-hybridized carbons (Fsp3) is 0.417. The largest absolute Gasteiger partial charge is 0.395 e. The van der Waals surface area contributed by atoms with Crippen LogP contribution in [0, 0.1) is 13.8 Å². The van der Waals surface area contributed by atoms with Gasteiger partial charge in [0.15, 0.2) is 0 Å². The van der Waals surface area contributed by atoms with Gasteiger partial charge in [0.05, 0.1) is 13.2 Å². The maximum absolute atomic E-state index is 13.0. The number of nitrogens with one attached hydrogen (secondary N) is 1. The van der Waals surface area contributed by atoms with Crippen LogP contribution in [0.5, 0.6) is 0 Å². The molecule has 1 atom stereocenters. The van der Waals surface area contributed by atoms with Gasteiger partial charge in [-0.15, -0.1) is 0 Å². The summed E-state index contributed by atoms with van der Waals surface area (Å²) in [5.74, 6) is 0.476. The van der Waals surface area contributed by atoms with Crippen molar-refractivity contribution in [2.75, 3.05) is 44.2 Å². The number of amides is 4. The summed E-state index contributed by atoms with van der Waals surface area (Å²) >= 11 is 0. The van der Waals surface area contributed by atoms with Gasteiger partial charge in [0.1, 0.15) is 11.4 Å². The number of imide groups is 1. The zero-order chi connectivity index (χ0) is 23.8. The molecule has 9 heteroatoms. The second kappa shape index (κ2) is 8.82. The van der Waals surface area contributed by atoms with Crippen LogP contribution >= 0.6 is 0 Å². The molecule has 1 aromatic carbocycles. The van der Waals surface area contributed by atoms with E-state index in [1.54, 1.807) is 31.2 Å². The molecule has 0 aliphatic carbocycles. The lowest BCUT2D eigenvalue weighted by atomic mass is 9.91. The first-order chi connectivity index (χ1) is 15.7. The van der Waals surface area contributed by atoms with Gasteiger partial charge >= 0.3 is 6.03 Å². The van der Waals surface area contributed by atoms with E-state index in [9.17, 15) is 14.4 Å². The fourth-order valence-electron chi connectivity index (χ4n) is 4.48. The van der Waals surface area contributed by atoms with Crippen LogP contribution in [0.25, 0.3) is 0 Å². The summed E-state index contributed by atoms with van der Waals surface area (Å²) in [6.07, 6.45) is 1.86. The Labute approximate surface area is 193 Å². The van der Waals surface area contributed by atoms with E-state index >= 15 is 0 Å². The smallest absolute Gasteiger partial charge is 0.325 e. The number of rotatable bonds is 5. The van der Waals surface area contributed by atoms with Gasteiger partial charge < -0.3 is 20.2 Å². The Morgan fingerprint density at radius 3 is 2.39 bits per heavy atom. The van der Waals surface area contributed by atoms with E-state index in [0.717, 1.165) is 21.8 Å². The highest BCUT2D eigenvalue weighted by atomic mass is 16.3. The third kappa shape index (κ3) is 4.16. The first kappa shape index (κ1) is 22.7. The van der Waals surface area contributed by atoms with Gasteiger partial charge in [0.2, 0.25) is 0 Å². The molecule has 0 radical (unpaired) electrons. The highest BCUT2D eigenvalue weighted by molar-refractivity contribution is 6.07. The van der Waals surface area contributed by atoms with Gasteiger partial charge in [-0.05, 0) is 49.6 Å². The van der Waals surface area contributed by atoms with Crippen molar-refractivity contribution in [2.45, 2.75) is 26.3 Å². The van der Waals surface area contributed by atoms with Crippen molar-refractivity contribution in [1.29, 1.82) is 0 Å². The van der Waals surface area contributed by atoms with Crippen molar-refractivity contribution in [1.82, 2.24) is 20.1 Å². The van der Waals surface area contributed by atoms with Crippen molar-refractivity contribution in [3.05, 3.63) is 58.8 Å². The number of urea groups is 1. The third-order valence-corrected chi connectivity index (χ3v) is 6.36. The second-order valence-electron chi connectivity index (χ2n) is 8.75. The molecule has 2 aliphatic heterocycles. The van der Waals surface area contributed by atoms with Crippen LogP contribution in [0.2, 0.25) is 0 Å².